The van der Waals surface area contributed by atoms with E-state index in [1.807, 2.05) is 0 Å². The molecule has 8 heteroatoms. The third-order valence-electron chi connectivity index (χ3n) is 4.35. The summed E-state index contributed by atoms with van der Waals surface area (Å²) in [5, 5.41) is 3.07. The van der Waals surface area contributed by atoms with Gasteiger partial charge in [0.15, 0.2) is 0 Å². The summed E-state index contributed by atoms with van der Waals surface area (Å²) >= 11 is 1.33. The highest BCUT2D eigenvalue weighted by Crippen LogP contribution is 2.39. The highest BCUT2D eigenvalue weighted by molar-refractivity contribution is 7.17. The van der Waals surface area contributed by atoms with Gasteiger partial charge in [0.2, 0.25) is 0 Å². The van der Waals surface area contributed by atoms with E-state index in [-0.39, 0.29) is 12.2 Å². The molecule has 1 aromatic carbocycles. The number of carbonyl (C=O) groups excluding carboxylic acids is 2. The number of aryl methyl sites for hydroxylation is 1. The number of amides is 1. The second kappa shape index (κ2) is 7.72. The maximum atomic E-state index is 12.7. The summed E-state index contributed by atoms with van der Waals surface area (Å²) in [6.45, 7) is 1.92. The van der Waals surface area contributed by atoms with E-state index in [4.69, 9.17) is 4.74 Å². The molecule has 0 aliphatic heterocycles. The second-order valence-electron chi connectivity index (χ2n) is 6.16. The van der Waals surface area contributed by atoms with Gasteiger partial charge in [-0.05, 0) is 62.4 Å². The van der Waals surface area contributed by atoms with Gasteiger partial charge in [-0.25, -0.2) is 4.79 Å². The molecule has 0 atom stereocenters. The number of esters is 1. The fraction of sp³-hybridized carbons (Fsp3) is 0.368. The molecule has 1 heterocycles. The number of alkyl halides is 3. The van der Waals surface area contributed by atoms with Gasteiger partial charge in [-0.2, -0.15) is 13.2 Å². The molecule has 1 aliphatic carbocycles. The van der Waals surface area contributed by atoms with Gasteiger partial charge in [0, 0.05) is 10.4 Å². The van der Waals surface area contributed by atoms with Crippen LogP contribution in [-0.2, 0) is 23.8 Å². The van der Waals surface area contributed by atoms with Crippen LogP contribution in [-0.4, -0.2) is 18.5 Å². The van der Waals surface area contributed by atoms with Crippen molar-refractivity contribution in [2.24, 2.45) is 0 Å². The molecule has 144 valence electrons. The maximum absolute atomic E-state index is 12.7. The Hall–Kier alpha value is -2.35. The summed E-state index contributed by atoms with van der Waals surface area (Å²) in [5.74, 6) is -1.05. The fourth-order valence-corrected chi connectivity index (χ4v) is 4.33. The summed E-state index contributed by atoms with van der Waals surface area (Å²) in [5.41, 5.74) is 0.547. The van der Waals surface area contributed by atoms with Gasteiger partial charge in [-0.15, -0.1) is 11.3 Å². The molecule has 0 saturated carbocycles. The Morgan fingerprint density at radius 2 is 1.81 bits per heavy atom. The molecule has 4 nitrogen and oxygen atoms in total. The average molecular weight is 397 g/mol. The van der Waals surface area contributed by atoms with Crippen LogP contribution in [0, 0.1) is 0 Å². The largest absolute Gasteiger partial charge is 0.462 e. The minimum Gasteiger partial charge on any atom is -0.462 e. The zero-order valence-corrected chi connectivity index (χ0v) is 15.4. The van der Waals surface area contributed by atoms with Crippen LogP contribution in [0.15, 0.2) is 24.3 Å². The van der Waals surface area contributed by atoms with E-state index in [9.17, 15) is 22.8 Å². The number of hydrogen-bond acceptors (Lipinski definition) is 4. The molecule has 0 bridgehead atoms. The van der Waals surface area contributed by atoms with E-state index in [1.54, 1.807) is 6.92 Å². The van der Waals surface area contributed by atoms with Crippen LogP contribution in [0.5, 0.6) is 0 Å². The lowest BCUT2D eigenvalue weighted by Crippen LogP contribution is -2.16. The van der Waals surface area contributed by atoms with E-state index >= 15 is 0 Å². The number of anilines is 1. The average Bonchev–Trinajstić information content (AvgIpc) is 2.99. The van der Waals surface area contributed by atoms with E-state index in [1.165, 1.54) is 11.3 Å². The number of nitrogens with one attached hydrogen (secondary N) is 1. The molecular formula is C19H18F3NO3S. The predicted molar refractivity (Wildman–Crippen MR) is 96.3 cm³/mol. The van der Waals surface area contributed by atoms with Crippen molar-refractivity contribution in [1.29, 1.82) is 0 Å². The van der Waals surface area contributed by atoms with Crippen LogP contribution in [0.2, 0.25) is 0 Å². The first kappa shape index (κ1) is 19.4. The molecule has 0 fully saturated rings. The summed E-state index contributed by atoms with van der Waals surface area (Å²) in [6.07, 6.45) is -0.901. The van der Waals surface area contributed by atoms with Gasteiger partial charge in [-0.3, -0.25) is 4.79 Å². The summed E-state index contributed by atoms with van der Waals surface area (Å²) in [6, 6.07) is 3.96. The first-order valence-corrected chi connectivity index (χ1v) is 9.43. The molecule has 1 N–H and O–H groups in total. The van der Waals surface area contributed by atoms with Crippen molar-refractivity contribution in [1.82, 2.24) is 0 Å². The van der Waals surface area contributed by atoms with Crippen LogP contribution < -0.4 is 5.32 Å². The Balaban J connectivity index is 1.87. The summed E-state index contributed by atoms with van der Waals surface area (Å²) < 4.78 is 43.1. The standard InChI is InChI=1S/C19H18F3NO3S/c1-2-26-18(25)15-13-5-3-4-6-14(13)27-17(15)23-16(24)11-7-9-12(10-8-11)19(20,21)22/h7-10H,2-6H2,1H3,(H,23,24). The number of rotatable bonds is 4. The number of thiophene rings is 1. The third-order valence-corrected chi connectivity index (χ3v) is 5.56. The van der Waals surface area contributed by atoms with Crippen molar-refractivity contribution >= 4 is 28.2 Å². The van der Waals surface area contributed by atoms with Gasteiger partial charge in [-0.1, -0.05) is 0 Å². The van der Waals surface area contributed by atoms with Crippen molar-refractivity contribution < 1.29 is 27.5 Å². The van der Waals surface area contributed by atoms with Crippen LogP contribution in [0.3, 0.4) is 0 Å². The van der Waals surface area contributed by atoms with Crippen molar-refractivity contribution in [3.63, 3.8) is 0 Å². The molecule has 3 rings (SSSR count). The topological polar surface area (TPSA) is 55.4 Å². The van der Waals surface area contributed by atoms with Gasteiger partial charge in [0.05, 0.1) is 17.7 Å². The van der Waals surface area contributed by atoms with Crippen molar-refractivity contribution in [3.05, 3.63) is 51.4 Å². The Morgan fingerprint density at radius 1 is 1.15 bits per heavy atom. The fourth-order valence-electron chi connectivity index (χ4n) is 3.06. The molecule has 27 heavy (non-hydrogen) atoms. The molecule has 1 amide bonds. The Bertz CT molecular complexity index is 856. The number of ether oxygens (including phenoxy) is 1. The van der Waals surface area contributed by atoms with Crippen LogP contribution in [0.1, 0.15) is 56.5 Å². The lowest BCUT2D eigenvalue weighted by Gasteiger charge is -2.12. The molecule has 1 aliphatic rings. The molecule has 0 radical (unpaired) electrons. The third kappa shape index (κ3) is 4.16. The van der Waals surface area contributed by atoms with Gasteiger partial charge >= 0.3 is 12.1 Å². The van der Waals surface area contributed by atoms with Crippen LogP contribution in [0.25, 0.3) is 0 Å². The normalized spacial score (nSPS) is 13.8. The summed E-state index contributed by atoms with van der Waals surface area (Å²) in [4.78, 5) is 25.9. The van der Waals surface area contributed by atoms with Crippen molar-refractivity contribution in [3.8, 4) is 0 Å². The maximum Gasteiger partial charge on any atom is 0.416 e. The molecule has 1 aromatic heterocycles. The Kier molecular flexibility index (Phi) is 5.55. The molecule has 0 saturated heterocycles. The smallest absolute Gasteiger partial charge is 0.416 e. The number of halogens is 3. The number of carbonyl (C=O) groups is 2. The zero-order chi connectivity index (χ0) is 19.6. The second-order valence-corrected chi connectivity index (χ2v) is 7.27. The van der Waals surface area contributed by atoms with Crippen molar-refractivity contribution in [2.75, 3.05) is 11.9 Å². The van der Waals surface area contributed by atoms with E-state index < -0.39 is 23.6 Å². The number of fused-ring (bicyclic) bond motifs is 1. The highest BCUT2D eigenvalue weighted by Gasteiger charge is 2.31. The zero-order valence-electron chi connectivity index (χ0n) is 14.6. The molecule has 2 aromatic rings. The van der Waals surface area contributed by atoms with Crippen LogP contribution >= 0.6 is 11.3 Å². The summed E-state index contributed by atoms with van der Waals surface area (Å²) in [7, 11) is 0. The lowest BCUT2D eigenvalue weighted by molar-refractivity contribution is -0.137. The van der Waals surface area contributed by atoms with Crippen molar-refractivity contribution in [2.45, 2.75) is 38.8 Å². The first-order chi connectivity index (χ1) is 12.8. The Morgan fingerprint density at radius 3 is 2.44 bits per heavy atom. The monoisotopic (exact) mass is 397 g/mol. The highest BCUT2D eigenvalue weighted by atomic mass is 32.1. The van der Waals surface area contributed by atoms with E-state index in [0.29, 0.717) is 10.6 Å². The number of hydrogen-bond donors (Lipinski definition) is 1. The quantitative estimate of drug-likeness (QED) is 0.733. The lowest BCUT2D eigenvalue weighted by atomic mass is 9.95. The van der Waals surface area contributed by atoms with E-state index in [0.717, 1.165) is 60.4 Å². The first-order valence-electron chi connectivity index (χ1n) is 8.61. The minimum atomic E-state index is -4.46. The van der Waals surface area contributed by atoms with Gasteiger partial charge in [0.1, 0.15) is 5.00 Å². The molecule has 0 spiro atoms. The van der Waals surface area contributed by atoms with Gasteiger partial charge in [0.25, 0.3) is 5.91 Å². The van der Waals surface area contributed by atoms with Crippen LogP contribution in [0.4, 0.5) is 18.2 Å². The number of benzene rings is 1. The predicted octanol–water partition coefficient (Wildman–Crippen LogP) is 5.07. The minimum absolute atomic E-state index is 0.0872. The van der Waals surface area contributed by atoms with E-state index in [2.05, 4.69) is 5.32 Å². The SMILES string of the molecule is CCOC(=O)c1c(NC(=O)c2ccc(C(F)(F)F)cc2)sc2c1CCCC2. The van der Waals surface area contributed by atoms with Gasteiger partial charge < -0.3 is 10.1 Å². The molecular weight excluding hydrogens is 379 g/mol. The Labute approximate surface area is 158 Å². The molecule has 0 unspecified atom stereocenters.